The van der Waals surface area contributed by atoms with Gasteiger partial charge in [0, 0.05) is 0 Å². The SMILES string of the molecule is C=CCCCOC(=O)OCC(Cl)(Cl)Cl. The average Bonchev–Trinajstić information content (AvgIpc) is 2.08. The number of halogens is 3. The van der Waals surface area contributed by atoms with E-state index in [9.17, 15) is 4.79 Å². The topological polar surface area (TPSA) is 35.5 Å². The van der Waals surface area contributed by atoms with Crippen LogP contribution in [0.1, 0.15) is 12.8 Å². The fraction of sp³-hybridized carbons (Fsp3) is 0.625. The van der Waals surface area contributed by atoms with Crippen molar-refractivity contribution in [2.24, 2.45) is 0 Å². The molecule has 6 heteroatoms. The molecule has 0 unspecified atom stereocenters. The lowest BCUT2D eigenvalue weighted by Crippen LogP contribution is -2.18. The first-order valence-corrected chi connectivity index (χ1v) is 5.06. The van der Waals surface area contributed by atoms with Gasteiger partial charge in [-0.3, -0.25) is 0 Å². The summed E-state index contributed by atoms with van der Waals surface area (Å²) < 4.78 is 7.56. The van der Waals surface area contributed by atoms with Gasteiger partial charge in [-0.1, -0.05) is 40.9 Å². The van der Waals surface area contributed by atoms with Crippen LogP contribution < -0.4 is 0 Å². The van der Waals surface area contributed by atoms with Crippen LogP contribution in [0.4, 0.5) is 4.79 Å². The highest BCUT2D eigenvalue weighted by Gasteiger charge is 2.22. The fourth-order valence-electron chi connectivity index (χ4n) is 0.566. The zero-order valence-corrected chi connectivity index (χ0v) is 9.74. The summed E-state index contributed by atoms with van der Waals surface area (Å²) >= 11 is 16.0. The van der Waals surface area contributed by atoms with Gasteiger partial charge < -0.3 is 9.47 Å². The molecule has 0 aromatic heterocycles. The van der Waals surface area contributed by atoms with Gasteiger partial charge in [0.15, 0.2) is 0 Å². The van der Waals surface area contributed by atoms with Crippen molar-refractivity contribution in [3.05, 3.63) is 12.7 Å². The number of hydrogen-bond donors (Lipinski definition) is 0. The molecule has 0 saturated carbocycles. The molecular formula is C8H11Cl3O3. The van der Waals surface area contributed by atoms with Crippen molar-refractivity contribution in [1.82, 2.24) is 0 Å². The number of rotatable bonds is 5. The Hall–Kier alpha value is -0.120. The van der Waals surface area contributed by atoms with E-state index in [1.165, 1.54) is 0 Å². The Kier molecular flexibility index (Phi) is 7.15. The second-order valence-electron chi connectivity index (χ2n) is 2.43. The zero-order chi connectivity index (χ0) is 11.0. The van der Waals surface area contributed by atoms with Gasteiger partial charge in [0.2, 0.25) is 3.79 Å². The Labute approximate surface area is 97.9 Å². The van der Waals surface area contributed by atoms with E-state index in [0.717, 1.165) is 6.42 Å². The van der Waals surface area contributed by atoms with Gasteiger partial charge in [0.05, 0.1) is 6.61 Å². The van der Waals surface area contributed by atoms with Crippen LogP contribution in [0.5, 0.6) is 0 Å². The number of ether oxygens (including phenoxy) is 2. The lowest BCUT2D eigenvalue weighted by atomic mass is 10.3. The first-order chi connectivity index (χ1) is 6.45. The Morgan fingerprint density at radius 2 is 2.00 bits per heavy atom. The number of unbranched alkanes of at least 4 members (excludes halogenated alkanes) is 1. The van der Waals surface area contributed by atoms with E-state index in [-0.39, 0.29) is 13.2 Å². The molecule has 0 spiro atoms. The van der Waals surface area contributed by atoms with Crippen LogP contribution in [0.15, 0.2) is 12.7 Å². The molecule has 14 heavy (non-hydrogen) atoms. The second kappa shape index (κ2) is 7.21. The van der Waals surface area contributed by atoms with Crippen LogP contribution in [0.2, 0.25) is 0 Å². The Bertz CT molecular complexity index is 189. The van der Waals surface area contributed by atoms with Gasteiger partial charge in [0.1, 0.15) is 6.61 Å². The van der Waals surface area contributed by atoms with Crippen molar-refractivity contribution in [2.45, 2.75) is 16.6 Å². The Balaban J connectivity index is 3.42. The Morgan fingerprint density at radius 3 is 2.50 bits per heavy atom. The quantitative estimate of drug-likeness (QED) is 0.329. The number of hydrogen-bond acceptors (Lipinski definition) is 3. The molecule has 0 aromatic rings. The molecule has 0 bridgehead atoms. The molecule has 0 aliphatic rings. The van der Waals surface area contributed by atoms with Gasteiger partial charge in [0.25, 0.3) is 0 Å². The van der Waals surface area contributed by atoms with Crippen molar-refractivity contribution in [2.75, 3.05) is 13.2 Å². The van der Waals surface area contributed by atoms with E-state index in [0.29, 0.717) is 6.42 Å². The zero-order valence-electron chi connectivity index (χ0n) is 7.47. The number of allylic oxidation sites excluding steroid dienone is 1. The summed E-state index contributed by atoms with van der Waals surface area (Å²) in [5.41, 5.74) is 0. The minimum Gasteiger partial charge on any atom is -0.434 e. The fourth-order valence-corrected chi connectivity index (χ4v) is 0.729. The van der Waals surface area contributed by atoms with Gasteiger partial charge >= 0.3 is 6.16 Å². The Morgan fingerprint density at radius 1 is 1.36 bits per heavy atom. The maximum absolute atomic E-state index is 10.8. The summed E-state index contributed by atoms with van der Waals surface area (Å²) in [5.74, 6) is 0. The summed E-state index contributed by atoms with van der Waals surface area (Å²) in [6.07, 6.45) is 2.38. The van der Waals surface area contributed by atoms with Crippen LogP contribution in [0.25, 0.3) is 0 Å². The van der Waals surface area contributed by atoms with Gasteiger partial charge in [-0.2, -0.15) is 0 Å². The van der Waals surface area contributed by atoms with Crippen LogP contribution >= 0.6 is 34.8 Å². The standard InChI is InChI=1S/C8H11Cl3O3/c1-2-3-4-5-13-7(12)14-6-8(9,10)11/h2H,1,3-6H2. The molecule has 0 aliphatic heterocycles. The summed E-state index contributed by atoms with van der Waals surface area (Å²) in [7, 11) is 0. The second-order valence-corrected chi connectivity index (χ2v) is 4.95. The van der Waals surface area contributed by atoms with E-state index in [1.54, 1.807) is 6.08 Å². The summed E-state index contributed by atoms with van der Waals surface area (Å²) in [5, 5.41) is 0. The molecule has 0 N–H and O–H groups in total. The molecule has 0 saturated heterocycles. The van der Waals surface area contributed by atoms with Crippen LogP contribution in [-0.2, 0) is 9.47 Å². The molecule has 0 fully saturated rings. The molecule has 0 rings (SSSR count). The van der Waals surface area contributed by atoms with Crippen LogP contribution in [0.3, 0.4) is 0 Å². The number of carbonyl (C=O) groups excluding carboxylic acids is 1. The van der Waals surface area contributed by atoms with E-state index < -0.39 is 9.95 Å². The van der Waals surface area contributed by atoms with Gasteiger partial charge in [-0.25, -0.2) is 4.79 Å². The highest BCUT2D eigenvalue weighted by atomic mass is 35.6. The summed E-state index contributed by atoms with van der Waals surface area (Å²) in [6.45, 7) is 3.47. The lowest BCUT2D eigenvalue weighted by molar-refractivity contribution is 0.0560. The minimum absolute atomic E-state index is 0.269. The van der Waals surface area contributed by atoms with Crippen molar-refractivity contribution in [3.63, 3.8) is 0 Å². The molecule has 0 amide bonds. The molecule has 0 heterocycles. The molecule has 0 aliphatic carbocycles. The highest BCUT2D eigenvalue weighted by molar-refractivity contribution is 6.67. The first-order valence-electron chi connectivity index (χ1n) is 3.93. The maximum Gasteiger partial charge on any atom is 0.508 e. The van der Waals surface area contributed by atoms with Crippen molar-refractivity contribution in [1.29, 1.82) is 0 Å². The van der Waals surface area contributed by atoms with Crippen molar-refractivity contribution in [3.8, 4) is 0 Å². The van der Waals surface area contributed by atoms with E-state index in [2.05, 4.69) is 16.1 Å². The van der Waals surface area contributed by atoms with Gasteiger partial charge in [-0.05, 0) is 12.8 Å². The third kappa shape index (κ3) is 9.96. The number of carbonyl (C=O) groups is 1. The van der Waals surface area contributed by atoms with Crippen LogP contribution in [-0.4, -0.2) is 23.2 Å². The van der Waals surface area contributed by atoms with Crippen molar-refractivity contribution < 1.29 is 14.3 Å². The average molecular weight is 262 g/mol. The molecule has 82 valence electrons. The molecular weight excluding hydrogens is 250 g/mol. The van der Waals surface area contributed by atoms with E-state index in [1.807, 2.05) is 0 Å². The predicted octanol–water partition coefficient (Wildman–Crippen LogP) is 3.48. The minimum atomic E-state index is -1.60. The van der Waals surface area contributed by atoms with Crippen molar-refractivity contribution >= 4 is 41.0 Å². The molecule has 3 nitrogen and oxygen atoms in total. The maximum atomic E-state index is 10.8. The number of alkyl halides is 3. The highest BCUT2D eigenvalue weighted by Crippen LogP contribution is 2.25. The monoisotopic (exact) mass is 260 g/mol. The molecule has 0 radical (unpaired) electrons. The van der Waals surface area contributed by atoms with Crippen LogP contribution in [0, 0.1) is 0 Å². The smallest absolute Gasteiger partial charge is 0.434 e. The third-order valence-corrected chi connectivity index (χ3v) is 1.45. The van der Waals surface area contributed by atoms with E-state index in [4.69, 9.17) is 34.8 Å². The molecule has 0 aromatic carbocycles. The largest absolute Gasteiger partial charge is 0.508 e. The third-order valence-electron chi connectivity index (χ3n) is 1.13. The summed E-state index contributed by atoms with van der Waals surface area (Å²) in [4.78, 5) is 10.8. The summed E-state index contributed by atoms with van der Waals surface area (Å²) in [6, 6.07) is 0. The molecule has 0 atom stereocenters. The van der Waals surface area contributed by atoms with E-state index >= 15 is 0 Å². The first kappa shape index (κ1) is 13.9. The van der Waals surface area contributed by atoms with Gasteiger partial charge in [-0.15, -0.1) is 6.58 Å². The lowest BCUT2D eigenvalue weighted by Gasteiger charge is -2.10. The predicted molar refractivity (Wildman–Crippen MR) is 57.0 cm³/mol. The normalized spacial score (nSPS) is 10.8.